The van der Waals surface area contributed by atoms with Crippen molar-refractivity contribution < 1.29 is 18.7 Å². The van der Waals surface area contributed by atoms with E-state index in [1.165, 1.54) is 13.2 Å². The predicted octanol–water partition coefficient (Wildman–Crippen LogP) is 2.11. The fourth-order valence-electron chi connectivity index (χ4n) is 1.56. The van der Waals surface area contributed by atoms with Gasteiger partial charge in [0, 0.05) is 6.92 Å². The van der Waals surface area contributed by atoms with Crippen LogP contribution in [0.5, 0.6) is 5.75 Å². The highest BCUT2D eigenvalue weighted by molar-refractivity contribution is 5.91. The largest absolute Gasteiger partial charge is 0.459 e. The van der Waals surface area contributed by atoms with Gasteiger partial charge in [-0.25, -0.2) is 0 Å². The maximum atomic E-state index is 11.7. The number of esters is 1. The zero-order valence-corrected chi connectivity index (χ0v) is 11.4. The molecule has 2 rings (SSSR count). The van der Waals surface area contributed by atoms with Gasteiger partial charge in [-0.3, -0.25) is 20.4 Å². The number of benzene rings is 1. The molecule has 0 saturated heterocycles. The molecule has 0 saturated carbocycles. The molecule has 1 aromatic heterocycles. The summed E-state index contributed by atoms with van der Waals surface area (Å²) < 4.78 is 9.88. The van der Waals surface area contributed by atoms with E-state index in [0.717, 1.165) is 5.56 Å². The van der Waals surface area contributed by atoms with Crippen molar-refractivity contribution in [2.75, 3.05) is 0 Å². The Morgan fingerprint density at radius 1 is 1.14 bits per heavy atom. The fraction of sp³-hybridized carbons (Fsp3) is 0.0667. The summed E-state index contributed by atoms with van der Waals surface area (Å²) in [5.74, 6) is -0.151. The van der Waals surface area contributed by atoms with Crippen LogP contribution in [0.1, 0.15) is 23.0 Å². The third-order valence-corrected chi connectivity index (χ3v) is 2.54. The summed E-state index contributed by atoms with van der Waals surface area (Å²) in [5.41, 5.74) is 6.38. The molecule has 108 valence electrons. The Balaban J connectivity index is 1.91. The summed E-state index contributed by atoms with van der Waals surface area (Å²) in [6.07, 6.45) is 1.41. The maximum Gasteiger partial charge on any atom is 0.308 e. The highest BCUT2D eigenvalue weighted by Gasteiger charge is 2.08. The molecule has 0 spiro atoms. The molecule has 1 aromatic carbocycles. The van der Waals surface area contributed by atoms with Gasteiger partial charge in [0.1, 0.15) is 5.75 Å². The summed E-state index contributed by atoms with van der Waals surface area (Å²) in [4.78, 5) is 22.5. The number of carbonyl (C=O) groups excluding carboxylic acids is 2. The van der Waals surface area contributed by atoms with Gasteiger partial charge in [0.15, 0.2) is 5.76 Å². The standard InChI is InChI=1S/C15H14N2O4/c1-10(16-17-15(19)14-4-3-9-20-14)12-5-7-13(8-6-12)21-11(2)18/h3-9,16H,1H2,2H3,(H,17,19). The van der Waals surface area contributed by atoms with Crippen molar-refractivity contribution in [3.05, 3.63) is 60.6 Å². The second kappa shape index (κ2) is 6.42. The van der Waals surface area contributed by atoms with Crippen LogP contribution in [0.3, 0.4) is 0 Å². The lowest BCUT2D eigenvalue weighted by Crippen LogP contribution is -2.35. The zero-order chi connectivity index (χ0) is 15.2. The second-order valence-electron chi connectivity index (χ2n) is 4.15. The molecule has 0 bridgehead atoms. The van der Waals surface area contributed by atoms with Crippen molar-refractivity contribution in [2.24, 2.45) is 0 Å². The fourth-order valence-corrected chi connectivity index (χ4v) is 1.56. The van der Waals surface area contributed by atoms with Gasteiger partial charge < -0.3 is 9.15 Å². The molecule has 2 aromatic rings. The number of rotatable bonds is 5. The minimum Gasteiger partial charge on any atom is -0.459 e. The average molecular weight is 286 g/mol. The quantitative estimate of drug-likeness (QED) is 0.500. The lowest BCUT2D eigenvalue weighted by Gasteiger charge is -2.10. The molecule has 0 unspecified atom stereocenters. The molecule has 2 N–H and O–H groups in total. The Bertz CT molecular complexity index is 645. The molecular formula is C15H14N2O4. The minimum atomic E-state index is -0.405. The molecule has 21 heavy (non-hydrogen) atoms. The van der Waals surface area contributed by atoms with Crippen LogP contribution in [0.15, 0.2) is 53.7 Å². The van der Waals surface area contributed by atoms with Crippen LogP contribution in [-0.2, 0) is 4.79 Å². The molecule has 0 atom stereocenters. The van der Waals surface area contributed by atoms with Crippen molar-refractivity contribution in [3.8, 4) is 5.75 Å². The van der Waals surface area contributed by atoms with E-state index >= 15 is 0 Å². The van der Waals surface area contributed by atoms with Crippen LogP contribution in [0.2, 0.25) is 0 Å². The number of hydrazine groups is 1. The van der Waals surface area contributed by atoms with E-state index in [0.29, 0.717) is 11.4 Å². The molecule has 0 fully saturated rings. The molecule has 1 amide bonds. The van der Waals surface area contributed by atoms with Crippen LogP contribution in [0, 0.1) is 0 Å². The van der Waals surface area contributed by atoms with Crippen molar-refractivity contribution >= 4 is 17.6 Å². The average Bonchev–Trinajstić information content (AvgIpc) is 2.99. The third-order valence-electron chi connectivity index (χ3n) is 2.54. The van der Waals surface area contributed by atoms with Crippen LogP contribution < -0.4 is 15.6 Å². The normalized spacial score (nSPS) is 9.76. The lowest BCUT2D eigenvalue weighted by atomic mass is 10.2. The number of carbonyl (C=O) groups is 2. The first-order valence-electron chi connectivity index (χ1n) is 6.14. The summed E-state index contributed by atoms with van der Waals surface area (Å²) >= 11 is 0. The van der Waals surface area contributed by atoms with E-state index in [9.17, 15) is 9.59 Å². The van der Waals surface area contributed by atoms with Crippen molar-refractivity contribution in [2.45, 2.75) is 6.92 Å². The van der Waals surface area contributed by atoms with Crippen molar-refractivity contribution in [1.82, 2.24) is 10.9 Å². The minimum absolute atomic E-state index is 0.195. The van der Waals surface area contributed by atoms with Gasteiger partial charge in [-0.05, 0) is 42.0 Å². The number of nitrogens with one attached hydrogen (secondary N) is 2. The Kier molecular flexibility index (Phi) is 4.40. The topological polar surface area (TPSA) is 80.6 Å². The Morgan fingerprint density at radius 3 is 2.43 bits per heavy atom. The molecule has 1 heterocycles. The Hall–Kier alpha value is -3.02. The molecule has 0 radical (unpaired) electrons. The highest BCUT2D eigenvalue weighted by Crippen LogP contribution is 2.16. The summed E-state index contributed by atoms with van der Waals surface area (Å²) in [7, 11) is 0. The van der Waals surface area contributed by atoms with Gasteiger partial charge in [0.25, 0.3) is 0 Å². The van der Waals surface area contributed by atoms with Gasteiger partial charge >= 0.3 is 11.9 Å². The van der Waals surface area contributed by atoms with Gasteiger partial charge in [0.2, 0.25) is 0 Å². The van der Waals surface area contributed by atoms with Gasteiger partial charge in [0.05, 0.1) is 12.0 Å². The Labute approximate surface area is 121 Å². The van der Waals surface area contributed by atoms with Crippen LogP contribution in [0.4, 0.5) is 0 Å². The molecule has 0 aliphatic carbocycles. The second-order valence-corrected chi connectivity index (χ2v) is 4.15. The molecular weight excluding hydrogens is 272 g/mol. The monoisotopic (exact) mass is 286 g/mol. The van der Waals surface area contributed by atoms with Gasteiger partial charge in [-0.15, -0.1) is 0 Å². The lowest BCUT2D eigenvalue weighted by molar-refractivity contribution is -0.131. The van der Waals surface area contributed by atoms with E-state index < -0.39 is 5.91 Å². The van der Waals surface area contributed by atoms with Crippen molar-refractivity contribution in [3.63, 3.8) is 0 Å². The number of hydrogen-bond donors (Lipinski definition) is 2. The van der Waals surface area contributed by atoms with E-state index in [-0.39, 0.29) is 11.7 Å². The number of furan rings is 1. The van der Waals surface area contributed by atoms with E-state index in [2.05, 4.69) is 17.4 Å². The van der Waals surface area contributed by atoms with E-state index in [4.69, 9.17) is 9.15 Å². The predicted molar refractivity (Wildman–Crippen MR) is 76.1 cm³/mol. The van der Waals surface area contributed by atoms with Crippen LogP contribution in [-0.4, -0.2) is 11.9 Å². The zero-order valence-electron chi connectivity index (χ0n) is 11.4. The Morgan fingerprint density at radius 2 is 1.86 bits per heavy atom. The third kappa shape index (κ3) is 3.97. The first-order valence-corrected chi connectivity index (χ1v) is 6.14. The smallest absolute Gasteiger partial charge is 0.308 e. The van der Waals surface area contributed by atoms with Crippen molar-refractivity contribution in [1.29, 1.82) is 0 Å². The molecule has 6 heteroatoms. The molecule has 6 nitrogen and oxygen atoms in total. The van der Waals surface area contributed by atoms with E-state index in [1.807, 2.05) is 0 Å². The summed E-state index contributed by atoms with van der Waals surface area (Å²) in [6.45, 7) is 5.14. The summed E-state index contributed by atoms with van der Waals surface area (Å²) in [5, 5.41) is 0. The maximum absolute atomic E-state index is 11.7. The van der Waals surface area contributed by atoms with E-state index in [1.54, 1.807) is 36.4 Å². The number of ether oxygens (including phenoxy) is 1. The highest BCUT2D eigenvalue weighted by atomic mass is 16.5. The summed E-state index contributed by atoms with van der Waals surface area (Å²) in [6, 6.07) is 9.88. The number of amides is 1. The first-order chi connectivity index (χ1) is 10.1. The first kappa shape index (κ1) is 14.4. The van der Waals surface area contributed by atoms with Crippen LogP contribution in [0.25, 0.3) is 5.70 Å². The van der Waals surface area contributed by atoms with Gasteiger partial charge in [-0.1, -0.05) is 6.58 Å². The van der Waals surface area contributed by atoms with Gasteiger partial charge in [-0.2, -0.15) is 0 Å². The van der Waals surface area contributed by atoms with Crippen LogP contribution >= 0.6 is 0 Å². The number of hydrogen-bond acceptors (Lipinski definition) is 5. The molecule has 0 aliphatic rings. The molecule has 0 aliphatic heterocycles. The SMILES string of the molecule is C=C(NNC(=O)c1ccco1)c1ccc(OC(C)=O)cc1.